The minimum atomic E-state index is -0.288. The lowest BCUT2D eigenvalue weighted by Crippen LogP contribution is -2.30. The first-order valence-electron chi connectivity index (χ1n) is 6.58. The van der Waals surface area contributed by atoms with E-state index in [1.165, 1.54) is 0 Å². The van der Waals surface area contributed by atoms with E-state index in [1.54, 1.807) is 0 Å². The maximum atomic E-state index is 10.8. The van der Waals surface area contributed by atoms with E-state index in [2.05, 4.69) is 29.5 Å². The second kappa shape index (κ2) is 5.84. The van der Waals surface area contributed by atoms with E-state index in [4.69, 9.17) is 5.73 Å². The summed E-state index contributed by atoms with van der Waals surface area (Å²) < 4.78 is 1.99. The fourth-order valence-corrected chi connectivity index (χ4v) is 2.21. The number of fused-ring (bicyclic) bond motifs is 1. The van der Waals surface area contributed by atoms with Crippen LogP contribution in [0.25, 0.3) is 10.9 Å². The zero-order valence-corrected chi connectivity index (χ0v) is 11.4. The smallest absolute Gasteiger partial charge is 0.218 e. The summed E-state index contributed by atoms with van der Waals surface area (Å²) in [6, 6.07) is 8.23. The molecule has 1 amide bonds. The van der Waals surface area contributed by atoms with Gasteiger partial charge in [0.05, 0.1) is 11.2 Å². The standard InChI is InChI=1S/C14H20N4O/c1-3-18-13-7-5-4-6-11(13)12(17-18)9-16-10(2)8-14(15)19/h4-7,10,16H,3,8-9H2,1-2H3,(H2,15,19). The summed E-state index contributed by atoms with van der Waals surface area (Å²) in [5, 5.41) is 9.04. The number of nitrogens with two attached hydrogens (primary N) is 1. The number of amides is 1. The number of aryl methyl sites for hydroxylation is 1. The number of carbonyl (C=O) groups excluding carboxylic acids is 1. The lowest BCUT2D eigenvalue weighted by molar-refractivity contribution is -0.118. The van der Waals surface area contributed by atoms with Gasteiger partial charge in [0.1, 0.15) is 0 Å². The van der Waals surface area contributed by atoms with E-state index in [9.17, 15) is 4.79 Å². The van der Waals surface area contributed by atoms with Gasteiger partial charge in [0.15, 0.2) is 0 Å². The summed E-state index contributed by atoms with van der Waals surface area (Å²) in [5.74, 6) is -0.288. The molecule has 0 bridgehead atoms. The highest BCUT2D eigenvalue weighted by Crippen LogP contribution is 2.18. The van der Waals surface area contributed by atoms with Gasteiger partial charge in [-0.05, 0) is 19.9 Å². The van der Waals surface area contributed by atoms with Crippen LogP contribution in [0.5, 0.6) is 0 Å². The molecule has 1 aromatic carbocycles. The molecular weight excluding hydrogens is 240 g/mol. The molecule has 0 spiro atoms. The maximum Gasteiger partial charge on any atom is 0.218 e. The van der Waals surface area contributed by atoms with Gasteiger partial charge < -0.3 is 11.1 Å². The van der Waals surface area contributed by atoms with Crippen LogP contribution >= 0.6 is 0 Å². The molecule has 1 heterocycles. The Labute approximate surface area is 112 Å². The van der Waals surface area contributed by atoms with Gasteiger partial charge in [-0.3, -0.25) is 9.48 Å². The van der Waals surface area contributed by atoms with E-state index in [0.717, 1.165) is 23.1 Å². The molecule has 1 aromatic heterocycles. The summed E-state index contributed by atoms with van der Waals surface area (Å²) in [6.45, 7) is 5.51. The number of nitrogens with zero attached hydrogens (tertiary/aromatic N) is 2. The maximum absolute atomic E-state index is 10.8. The second-order valence-corrected chi connectivity index (χ2v) is 4.73. The van der Waals surface area contributed by atoms with Crippen molar-refractivity contribution in [2.75, 3.05) is 0 Å². The second-order valence-electron chi connectivity index (χ2n) is 4.73. The van der Waals surface area contributed by atoms with E-state index >= 15 is 0 Å². The van der Waals surface area contributed by atoms with Gasteiger partial charge in [0.2, 0.25) is 5.91 Å². The van der Waals surface area contributed by atoms with Crippen LogP contribution < -0.4 is 11.1 Å². The first kappa shape index (κ1) is 13.5. The predicted octanol–water partition coefficient (Wildman–Crippen LogP) is 1.41. The summed E-state index contributed by atoms with van der Waals surface area (Å²) in [5.41, 5.74) is 7.33. The van der Waals surface area contributed by atoms with Gasteiger partial charge in [-0.15, -0.1) is 0 Å². The molecule has 5 heteroatoms. The van der Waals surface area contributed by atoms with E-state index in [0.29, 0.717) is 13.0 Å². The minimum absolute atomic E-state index is 0.0584. The molecule has 19 heavy (non-hydrogen) atoms. The highest BCUT2D eigenvalue weighted by Gasteiger charge is 2.11. The first-order chi connectivity index (χ1) is 9.11. The molecule has 0 aliphatic rings. The Morgan fingerprint density at radius 3 is 2.89 bits per heavy atom. The number of hydrogen-bond acceptors (Lipinski definition) is 3. The predicted molar refractivity (Wildman–Crippen MR) is 75.5 cm³/mol. The molecule has 0 saturated heterocycles. The van der Waals surface area contributed by atoms with Crippen molar-refractivity contribution in [3.63, 3.8) is 0 Å². The molecule has 1 unspecified atom stereocenters. The Morgan fingerprint density at radius 2 is 2.21 bits per heavy atom. The third-order valence-electron chi connectivity index (χ3n) is 3.16. The van der Waals surface area contributed by atoms with Crippen molar-refractivity contribution in [2.24, 2.45) is 5.73 Å². The monoisotopic (exact) mass is 260 g/mol. The van der Waals surface area contributed by atoms with Crippen LogP contribution in [0.4, 0.5) is 0 Å². The number of para-hydroxylation sites is 1. The molecule has 0 radical (unpaired) electrons. The van der Waals surface area contributed by atoms with E-state index in [1.807, 2.05) is 23.7 Å². The average Bonchev–Trinajstić information content (AvgIpc) is 2.74. The van der Waals surface area contributed by atoms with Crippen molar-refractivity contribution >= 4 is 16.8 Å². The molecule has 1 atom stereocenters. The molecule has 0 fully saturated rings. The minimum Gasteiger partial charge on any atom is -0.370 e. The molecule has 3 N–H and O–H groups in total. The van der Waals surface area contributed by atoms with E-state index < -0.39 is 0 Å². The van der Waals surface area contributed by atoms with Gasteiger partial charge in [-0.25, -0.2) is 0 Å². The van der Waals surface area contributed by atoms with Gasteiger partial charge in [0, 0.05) is 30.9 Å². The van der Waals surface area contributed by atoms with Gasteiger partial charge in [-0.1, -0.05) is 18.2 Å². The fraction of sp³-hybridized carbons (Fsp3) is 0.429. The van der Waals surface area contributed by atoms with Crippen molar-refractivity contribution in [2.45, 2.75) is 39.4 Å². The number of aromatic nitrogens is 2. The molecule has 2 aromatic rings. The number of benzene rings is 1. The fourth-order valence-electron chi connectivity index (χ4n) is 2.21. The zero-order chi connectivity index (χ0) is 13.8. The van der Waals surface area contributed by atoms with Crippen LogP contribution in [0.1, 0.15) is 26.0 Å². The van der Waals surface area contributed by atoms with Crippen molar-refractivity contribution in [3.05, 3.63) is 30.0 Å². The highest BCUT2D eigenvalue weighted by atomic mass is 16.1. The topological polar surface area (TPSA) is 72.9 Å². The molecule has 0 saturated carbocycles. The number of nitrogens with one attached hydrogen (secondary N) is 1. The average molecular weight is 260 g/mol. The van der Waals surface area contributed by atoms with Crippen LogP contribution in [-0.2, 0) is 17.9 Å². The summed E-state index contributed by atoms with van der Waals surface area (Å²) in [7, 11) is 0. The molecule has 2 rings (SSSR count). The normalized spacial score (nSPS) is 12.7. The first-order valence-corrected chi connectivity index (χ1v) is 6.58. The molecule has 0 aliphatic carbocycles. The number of primary amides is 1. The molecule has 0 aliphatic heterocycles. The summed E-state index contributed by atoms with van der Waals surface area (Å²) in [4.78, 5) is 10.8. The third kappa shape index (κ3) is 3.12. The highest BCUT2D eigenvalue weighted by molar-refractivity contribution is 5.81. The van der Waals surface area contributed by atoms with Crippen LogP contribution in [0, 0.1) is 0 Å². The summed E-state index contributed by atoms with van der Waals surface area (Å²) in [6.07, 6.45) is 0.340. The number of rotatable bonds is 6. The summed E-state index contributed by atoms with van der Waals surface area (Å²) >= 11 is 0. The molecule has 5 nitrogen and oxygen atoms in total. The van der Waals surface area contributed by atoms with Crippen molar-refractivity contribution < 1.29 is 4.79 Å². The molecular formula is C14H20N4O. The Balaban J connectivity index is 2.14. The van der Waals surface area contributed by atoms with Gasteiger partial charge in [-0.2, -0.15) is 5.10 Å². The lowest BCUT2D eigenvalue weighted by atomic mass is 10.2. The quantitative estimate of drug-likeness (QED) is 0.824. The van der Waals surface area contributed by atoms with Crippen molar-refractivity contribution in [3.8, 4) is 0 Å². The van der Waals surface area contributed by atoms with Gasteiger partial charge >= 0.3 is 0 Å². The van der Waals surface area contributed by atoms with Crippen LogP contribution in [-0.4, -0.2) is 21.7 Å². The van der Waals surface area contributed by atoms with Crippen molar-refractivity contribution in [1.29, 1.82) is 0 Å². The number of hydrogen-bond donors (Lipinski definition) is 2. The number of carbonyl (C=O) groups is 1. The van der Waals surface area contributed by atoms with E-state index in [-0.39, 0.29) is 11.9 Å². The SMILES string of the molecule is CCn1nc(CNC(C)CC(N)=O)c2ccccc21. The van der Waals surface area contributed by atoms with Crippen LogP contribution in [0.3, 0.4) is 0 Å². The van der Waals surface area contributed by atoms with Crippen molar-refractivity contribution in [1.82, 2.24) is 15.1 Å². The Hall–Kier alpha value is -1.88. The van der Waals surface area contributed by atoms with Crippen LogP contribution in [0.2, 0.25) is 0 Å². The largest absolute Gasteiger partial charge is 0.370 e. The Morgan fingerprint density at radius 1 is 1.47 bits per heavy atom. The van der Waals surface area contributed by atoms with Gasteiger partial charge in [0.25, 0.3) is 0 Å². The molecule has 102 valence electrons. The Bertz CT molecular complexity index is 576. The van der Waals surface area contributed by atoms with Crippen LogP contribution in [0.15, 0.2) is 24.3 Å². The Kier molecular flexibility index (Phi) is 4.16. The zero-order valence-electron chi connectivity index (χ0n) is 11.4. The third-order valence-corrected chi connectivity index (χ3v) is 3.16. The lowest BCUT2D eigenvalue weighted by Gasteiger charge is -2.10.